The van der Waals surface area contributed by atoms with Crippen LogP contribution >= 0.6 is 0 Å². The maximum Gasteiger partial charge on any atom is 0.107 e. The lowest BCUT2D eigenvalue weighted by Gasteiger charge is -2.40. The van der Waals surface area contributed by atoms with Gasteiger partial charge in [-0.3, -0.25) is 0 Å². The van der Waals surface area contributed by atoms with Crippen molar-refractivity contribution in [3.8, 4) is 0 Å². The molecule has 0 bridgehead atoms. The molecule has 0 heterocycles. The minimum absolute atomic E-state index is 0.566. The Morgan fingerprint density at radius 3 is 2.13 bits per heavy atom. The molecule has 0 aliphatic carbocycles. The van der Waals surface area contributed by atoms with Crippen LogP contribution in [-0.4, -0.2) is 17.8 Å². The van der Waals surface area contributed by atoms with Gasteiger partial charge in [0, 0.05) is 0 Å². The topological polar surface area (TPSA) is 41.5 Å². The molecule has 0 spiro atoms. The maximum absolute atomic E-state index is 10.5. The largest absolute Gasteiger partial charge is 0.383 e. The summed E-state index contributed by atoms with van der Waals surface area (Å²) in [6.45, 7) is 5.56. The van der Waals surface area contributed by atoms with E-state index in [1.165, 1.54) is 0 Å². The smallest absolute Gasteiger partial charge is 0.107 e. The maximum atomic E-state index is 10.5. The van der Waals surface area contributed by atoms with Gasteiger partial charge in [0.1, 0.15) is 5.60 Å². The molecule has 15 heavy (non-hydrogen) atoms. The molecule has 0 saturated heterocycles. The molecule has 0 unspecified atom stereocenters. The van der Waals surface area contributed by atoms with E-state index in [0.717, 1.165) is 5.56 Å². The lowest BCUT2D eigenvalue weighted by molar-refractivity contribution is -0.0964. The van der Waals surface area contributed by atoms with E-state index in [1.807, 2.05) is 44.2 Å². The van der Waals surface area contributed by atoms with Gasteiger partial charge in [-0.1, -0.05) is 30.3 Å². The highest BCUT2D eigenvalue weighted by atomic mass is 16.6. The Morgan fingerprint density at radius 1 is 1.13 bits per heavy atom. The van der Waals surface area contributed by atoms with Crippen LogP contribution in [0.3, 0.4) is 0 Å². The average Bonchev–Trinajstić information content (AvgIpc) is 2.19. The van der Waals surface area contributed by atoms with Crippen molar-refractivity contribution in [3.63, 3.8) is 0 Å². The van der Waals surface area contributed by atoms with Gasteiger partial charge in [-0.05, 0) is 26.3 Å². The third-order valence-corrected chi connectivity index (χ3v) is 2.91. The zero-order valence-electron chi connectivity index (χ0n) is 9.74. The Kier molecular flexibility index (Phi) is 3.50. The molecule has 0 aromatic heterocycles. The van der Waals surface area contributed by atoms with Crippen molar-refractivity contribution in [2.45, 2.75) is 31.9 Å². The van der Waals surface area contributed by atoms with Crippen molar-refractivity contribution >= 4 is 0 Å². The SMILES string of the molecule is CONC(C)(C)[C@](C)(O)c1ccccc1. The van der Waals surface area contributed by atoms with Crippen molar-refractivity contribution in [2.24, 2.45) is 0 Å². The molecular weight excluding hydrogens is 190 g/mol. The van der Waals surface area contributed by atoms with Crippen molar-refractivity contribution in [1.82, 2.24) is 5.48 Å². The minimum atomic E-state index is -0.996. The highest BCUT2D eigenvalue weighted by Gasteiger charge is 2.40. The molecule has 3 heteroatoms. The van der Waals surface area contributed by atoms with Gasteiger partial charge in [0.2, 0.25) is 0 Å². The van der Waals surface area contributed by atoms with Crippen LogP contribution in [0.1, 0.15) is 26.3 Å². The number of benzene rings is 1. The number of hydroxylamine groups is 1. The molecule has 1 rings (SSSR count). The number of rotatable bonds is 4. The van der Waals surface area contributed by atoms with Gasteiger partial charge in [-0.2, -0.15) is 5.48 Å². The van der Waals surface area contributed by atoms with Crippen LogP contribution in [0.4, 0.5) is 0 Å². The number of aliphatic hydroxyl groups is 1. The monoisotopic (exact) mass is 209 g/mol. The van der Waals surface area contributed by atoms with Crippen molar-refractivity contribution < 1.29 is 9.94 Å². The quantitative estimate of drug-likeness (QED) is 0.743. The second-order valence-corrected chi connectivity index (χ2v) is 4.37. The van der Waals surface area contributed by atoms with E-state index < -0.39 is 11.1 Å². The van der Waals surface area contributed by atoms with Gasteiger partial charge in [0.05, 0.1) is 12.6 Å². The van der Waals surface area contributed by atoms with Gasteiger partial charge in [0.25, 0.3) is 0 Å². The Bertz CT molecular complexity index is 307. The summed E-state index contributed by atoms with van der Waals surface area (Å²) in [6.07, 6.45) is 0. The fraction of sp³-hybridized carbons (Fsp3) is 0.500. The van der Waals surface area contributed by atoms with Crippen LogP contribution in [-0.2, 0) is 10.4 Å². The highest BCUT2D eigenvalue weighted by molar-refractivity contribution is 5.25. The van der Waals surface area contributed by atoms with Gasteiger partial charge in [-0.15, -0.1) is 0 Å². The van der Waals surface area contributed by atoms with E-state index in [2.05, 4.69) is 5.48 Å². The molecular formula is C12H19NO2. The lowest BCUT2D eigenvalue weighted by atomic mass is 9.79. The van der Waals surface area contributed by atoms with E-state index >= 15 is 0 Å². The third-order valence-electron chi connectivity index (χ3n) is 2.91. The summed E-state index contributed by atoms with van der Waals surface area (Å²) in [5.74, 6) is 0. The fourth-order valence-corrected chi connectivity index (χ4v) is 1.48. The second kappa shape index (κ2) is 4.31. The Balaban J connectivity index is 3.01. The number of hydrogen-bond acceptors (Lipinski definition) is 3. The van der Waals surface area contributed by atoms with Gasteiger partial charge >= 0.3 is 0 Å². The van der Waals surface area contributed by atoms with E-state index in [9.17, 15) is 5.11 Å². The summed E-state index contributed by atoms with van der Waals surface area (Å²) in [6, 6.07) is 9.55. The molecule has 1 aromatic rings. The summed E-state index contributed by atoms with van der Waals surface area (Å²) < 4.78 is 0. The van der Waals surface area contributed by atoms with Gasteiger partial charge in [-0.25, -0.2) is 0 Å². The van der Waals surface area contributed by atoms with Crippen molar-refractivity contribution in [2.75, 3.05) is 7.11 Å². The molecule has 84 valence electrons. The minimum Gasteiger partial charge on any atom is -0.383 e. The molecule has 1 aromatic carbocycles. The molecule has 0 amide bonds. The molecule has 0 aliphatic rings. The highest BCUT2D eigenvalue weighted by Crippen LogP contribution is 2.32. The molecule has 0 saturated carbocycles. The molecule has 1 atom stereocenters. The third kappa shape index (κ3) is 2.37. The van der Waals surface area contributed by atoms with E-state index in [-0.39, 0.29) is 0 Å². The van der Waals surface area contributed by atoms with Gasteiger partial charge < -0.3 is 9.94 Å². The summed E-state index contributed by atoms with van der Waals surface area (Å²) in [5, 5.41) is 10.5. The molecule has 0 fully saturated rings. The first kappa shape index (κ1) is 12.2. The summed E-state index contributed by atoms with van der Waals surface area (Å²) in [5.41, 5.74) is 2.11. The van der Waals surface area contributed by atoms with Crippen LogP contribution in [0, 0.1) is 0 Å². The molecule has 3 nitrogen and oxygen atoms in total. The Morgan fingerprint density at radius 2 is 1.67 bits per heavy atom. The summed E-state index contributed by atoms with van der Waals surface area (Å²) in [7, 11) is 1.54. The van der Waals surface area contributed by atoms with Gasteiger partial charge in [0.15, 0.2) is 0 Å². The van der Waals surface area contributed by atoms with Crippen LogP contribution in [0.5, 0.6) is 0 Å². The number of nitrogens with one attached hydrogen (secondary N) is 1. The Hall–Kier alpha value is -0.900. The van der Waals surface area contributed by atoms with Crippen LogP contribution in [0.2, 0.25) is 0 Å². The first-order chi connectivity index (χ1) is 6.92. The molecule has 2 N–H and O–H groups in total. The zero-order chi connectivity index (χ0) is 11.5. The lowest BCUT2D eigenvalue weighted by Crippen LogP contribution is -2.55. The van der Waals surface area contributed by atoms with Crippen LogP contribution in [0.25, 0.3) is 0 Å². The summed E-state index contributed by atoms with van der Waals surface area (Å²) >= 11 is 0. The number of hydrogen-bond donors (Lipinski definition) is 2. The standard InChI is InChI=1S/C12H19NO2/c1-11(2,13-15-4)12(3,14)10-8-6-5-7-9-10/h5-9,13-14H,1-4H3/t12-/m1/s1. The average molecular weight is 209 g/mol. The van der Waals surface area contributed by atoms with Crippen molar-refractivity contribution in [1.29, 1.82) is 0 Å². The predicted molar refractivity (Wildman–Crippen MR) is 60.2 cm³/mol. The van der Waals surface area contributed by atoms with E-state index in [0.29, 0.717) is 0 Å². The molecule has 0 radical (unpaired) electrons. The first-order valence-electron chi connectivity index (χ1n) is 5.00. The Labute approximate surface area is 91.0 Å². The van der Waals surface area contributed by atoms with Crippen molar-refractivity contribution in [3.05, 3.63) is 35.9 Å². The van der Waals surface area contributed by atoms with E-state index in [1.54, 1.807) is 14.0 Å². The second-order valence-electron chi connectivity index (χ2n) is 4.37. The first-order valence-corrected chi connectivity index (χ1v) is 5.00. The van der Waals surface area contributed by atoms with Crippen LogP contribution in [0.15, 0.2) is 30.3 Å². The fourth-order valence-electron chi connectivity index (χ4n) is 1.48. The normalized spacial score (nSPS) is 16.1. The van der Waals surface area contributed by atoms with E-state index in [4.69, 9.17) is 4.84 Å². The predicted octanol–water partition coefficient (Wildman–Crippen LogP) is 1.82. The molecule has 0 aliphatic heterocycles. The zero-order valence-corrected chi connectivity index (χ0v) is 9.74. The van der Waals surface area contributed by atoms with Crippen LogP contribution < -0.4 is 5.48 Å². The summed E-state index contributed by atoms with van der Waals surface area (Å²) in [4.78, 5) is 4.90.